The number of allylic oxidation sites excluding steroid dienone is 4. The Bertz CT molecular complexity index is 390. The molecule has 108 valence electrons. The second-order valence-corrected chi connectivity index (χ2v) is 17.0. The van der Waals surface area contributed by atoms with E-state index in [2.05, 4.69) is 69.6 Å². The fourth-order valence-electron chi connectivity index (χ4n) is 1.72. The van der Waals surface area contributed by atoms with Crippen molar-refractivity contribution in [3.05, 3.63) is 42.5 Å². The Morgan fingerprint density at radius 2 is 1.74 bits per heavy atom. The molecular formula is C16H26NiSi2. The predicted octanol–water partition coefficient (Wildman–Crippen LogP) is 3.80. The number of hydrogen-bond acceptors (Lipinski definition) is 0. The summed E-state index contributed by atoms with van der Waals surface area (Å²) in [6, 6.07) is 7.15. The molecule has 0 atom stereocenters. The van der Waals surface area contributed by atoms with Gasteiger partial charge in [0.2, 0.25) is 0 Å². The summed E-state index contributed by atoms with van der Waals surface area (Å²) < 4.78 is 0. The molecule has 19 heavy (non-hydrogen) atoms. The minimum absolute atomic E-state index is 0. The third-order valence-corrected chi connectivity index (χ3v) is 7.16. The van der Waals surface area contributed by atoms with Crippen LogP contribution in [-0.2, 0) is 16.5 Å². The van der Waals surface area contributed by atoms with Crippen molar-refractivity contribution in [2.24, 2.45) is 0 Å². The van der Waals surface area contributed by atoms with Crippen LogP contribution >= 0.6 is 0 Å². The average Bonchev–Trinajstić information content (AvgIpc) is 2.91. The smallest absolute Gasteiger partial charge is 0.273 e. The topological polar surface area (TPSA) is 0 Å². The largest absolute Gasteiger partial charge is 2.00 e. The van der Waals surface area contributed by atoms with Crippen LogP contribution in [0.4, 0.5) is 0 Å². The van der Waals surface area contributed by atoms with Crippen LogP contribution in [0.25, 0.3) is 0 Å². The van der Waals surface area contributed by atoms with Crippen LogP contribution < -0.4 is 10.4 Å². The van der Waals surface area contributed by atoms with Crippen LogP contribution in [0.3, 0.4) is 0 Å². The van der Waals surface area contributed by atoms with Gasteiger partial charge in [-0.25, -0.2) is 23.4 Å². The van der Waals surface area contributed by atoms with Gasteiger partial charge >= 0.3 is 16.5 Å². The molecule has 2 rings (SSSR count). The Labute approximate surface area is 131 Å². The van der Waals surface area contributed by atoms with E-state index in [9.17, 15) is 0 Å². The predicted molar refractivity (Wildman–Crippen MR) is 89.6 cm³/mol. The first kappa shape index (κ1) is 18.8. The van der Waals surface area contributed by atoms with Gasteiger partial charge in [0.05, 0.1) is 0 Å². The van der Waals surface area contributed by atoms with Gasteiger partial charge in [0.15, 0.2) is 0 Å². The maximum atomic E-state index is 2.99. The van der Waals surface area contributed by atoms with Gasteiger partial charge in [0.25, 0.3) is 0 Å². The zero-order valence-corrected chi connectivity index (χ0v) is 16.0. The molecule has 1 aliphatic rings. The molecule has 0 saturated heterocycles. The Morgan fingerprint density at radius 3 is 1.95 bits per heavy atom. The monoisotopic (exact) mass is 332 g/mol. The first-order chi connectivity index (χ1) is 8.21. The minimum atomic E-state index is -1.07. The molecule has 0 amide bonds. The van der Waals surface area contributed by atoms with E-state index in [0.29, 0.717) is 0 Å². The third kappa shape index (κ3) is 6.65. The Balaban J connectivity index is 0.000000454. The standard InChI is InChI=1S/C11H21Si2.C5H5.Ni/c1-12(2,3)10-7-8-11(9-10)13(4,5)6;1-2-4-5-3-1;/h7-9H,1-6H3;1-3H,4H2;/q2*-1;+2. The summed E-state index contributed by atoms with van der Waals surface area (Å²) in [5.74, 6) is 0. The summed E-state index contributed by atoms with van der Waals surface area (Å²) in [6.07, 6.45) is 10.0. The van der Waals surface area contributed by atoms with Crippen molar-refractivity contribution in [1.82, 2.24) is 0 Å². The van der Waals surface area contributed by atoms with Gasteiger partial charge in [0.1, 0.15) is 0 Å². The molecule has 0 nitrogen and oxygen atoms in total. The molecule has 0 heterocycles. The SMILES string of the molecule is C[Si](C)(C)c1cc[c-]([Si](C)(C)C)c1.[C-]1=CC=CC1.[Ni+2]. The summed E-state index contributed by atoms with van der Waals surface area (Å²) in [6.45, 7) is 14.5. The molecule has 1 aliphatic carbocycles. The molecular weight excluding hydrogens is 307 g/mol. The zero-order valence-electron chi connectivity index (χ0n) is 13.0. The Hall–Kier alpha value is -0.243. The molecule has 3 heteroatoms. The van der Waals surface area contributed by atoms with Gasteiger partial charge in [-0.1, -0.05) is 39.3 Å². The fourth-order valence-corrected chi connectivity index (χ4v) is 4.20. The fraction of sp³-hybridized carbons (Fsp3) is 0.438. The van der Waals surface area contributed by atoms with Crippen LogP contribution in [0.15, 0.2) is 36.4 Å². The van der Waals surface area contributed by atoms with Crippen molar-refractivity contribution in [3.8, 4) is 0 Å². The van der Waals surface area contributed by atoms with Gasteiger partial charge in [-0.15, -0.1) is 6.42 Å². The zero-order chi connectivity index (χ0) is 13.8. The van der Waals surface area contributed by atoms with E-state index in [1.54, 1.807) is 10.4 Å². The van der Waals surface area contributed by atoms with Crippen molar-refractivity contribution in [2.45, 2.75) is 45.7 Å². The van der Waals surface area contributed by atoms with Crippen LogP contribution in [0.2, 0.25) is 39.3 Å². The van der Waals surface area contributed by atoms with Crippen LogP contribution in [0.5, 0.6) is 0 Å². The van der Waals surface area contributed by atoms with Crippen molar-refractivity contribution in [1.29, 1.82) is 0 Å². The van der Waals surface area contributed by atoms with E-state index in [4.69, 9.17) is 0 Å². The van der Waals surface area contributed by atoms with Gasteiger partial charge < -0.3 is 0 Å². The van der Waals surface area contributed by atoms with Gasteiger partial charge in [-0.05, 0) is 0 Å². The van der Waals surface area contributed by atoms with Gasteiger partial charge in [-0.3, -0.25) is 6.08 Å². The van der Waals surface area contributed by atoms with Crippen LogP contribution in [0.1, 0.15) is 6.42 Å². The van der Waals surface area contributed by atoms with E-state index >= 15 is 0 Å². The van der Waals surface area contributed by atoms with Crippen molar-refractivity contribution in [2.75, 3.05) is 0 Å². The maximum Gasteiger partial charge on any atom is 2.00 e. The van der Waals surface area contributed by atoms with E-state index in [-0.39, 0.29) is 16.5 Å². The molecule has 1 aromatic carbocycles. The molecule has 0 radical (unpaired) electrons. The second-order valence-electron chi connectivity index (χ2n) is 6.89. The molecule has 0 unspecified atom stereocenters. The minimum Gasteiger partial charge on any atom is -0.273 e. The number of rotatable bonds is 2. The van der Waals surface area contributed by atoms with E-state index in [0.717, 1.165) is 6.42 Å². The van der Waals surface area contributed by atoms with Crippen LogP contribution in [0, 0.1) is 6.08 Å². The number of hydrogen-bond donors (Lipinski definition) is 0. The van der Waals surface area contributed by atoms with Gasteiger partial charge in [-0.2, -0.15) is 23.4 Å². The second kappa shape index (κ2) is 7.52. The molecule has 0 bridgehead atoms. The summed E-state index contributed by atoms with van der Waals surface area (Å²) in [5.41, 5.74) is 0. The molecule has 0 aromatic heterocycles. The maximum absolute atomic E-state index is 2.99. The summed E-state index contributed by atoms with van der Waals surface area (Å²) >= 11 is 0. The summed E-state index contributed by atoms with van der Waals surface area (Å²) in [7, 11) is -2.14. The first-order valence-electron chi connectivity index (χ1n) is 6.71. The van der Waals surface area contributed by atoms with E-state index < -0.39 is 16.1 Å². The molecule has 0 fully saturated rings. The van der Waals surface area contributed by atoms with Crippen molar-refractivity contribution < 1.29 is 16.5 Å². The first-order valence-corrected chi connectivity index (χ1v) is 13.7. The van der Waals surface area contributed by atoms with Crippen molar-refractivity contribution >= 4 is 26.5 Å². The molecule has 0 aliphatic heterocycles. The van der Waals surface area contributed by atoms with E-state index in [1.807, 2.05) is 12.2 Å². The van der Waals surface area contributed by atoms with Crippen molar-refractivity contribution in [3.63, 3.8) is 0 Å². The normalized spacial score (nSPS) is 13.8. The molecule has 0 saturated carbocycles. The molecule has 1 aromatic rings. The van der Waals surface area contributed by atoms with E-state index in [1.165, 1.54) is 0 Å². The molecule has 0 N–H and O–H groups in total. The average molecular weight is 333 g/mol. The van der Waals surface area contributed by atoms with Crippen LogP contribution in [-0.4, -0.2) is 16.1 Å². The molecule has 0 spiro atoms. The Kier molecular flexibility index (Phi) is 7.42. The third-order valence-electron chi connectivity index (χ3n) is 3.07. The summed E-state index contributed by atoms with van der Waals surface area (Å²) in [5, 5.41) is 3.23. The Morgan fingerprint density at radius 1 is 1.11 bits per heavy atom. The summed E-state index contributed by atoms with van der Waals surface area (Å²) in [4.78, 5) is 0. The van der Waals surface area contributed by atoms with Gasteiger partial charge in [0, 0.05) is 16.1 Å². The quantitative estimate of drug-likeness (QED) is 0.570.